The van der Waals surface area contributed by atoms with Gasteiger partial charge in [0.25, 0.3) is 0 Å². The maximum Gasteiger partial charge on any atom is 0.243 e. The zero-order chi connectivity index (χ0) is 21.2. The van der Waals surface area contributed by atoms with Crippen molar-refractivity contribution >= 4 is 11.8 Å². The minimum Gasteiger partial charge on any atom is -0.350 e. The summed E-state index contributed by atoms with van der Waals surface area (Å²) in [4.78, 5) is 27.9. The average Bonchev–Trinajstić information content (AvgIpc) is 2.81. The third kappa shape index (κ3) is 6.05. The lowest BCUT2D eigenvalue weighted by molar-refractivity contribution is -0.141. The Hall–Kier alpha value is -3.40. The van der Waals surface area contributed by atoms with E-state index in [1.807, 2.05) is 97.9 Å². The standard InChI is InChI=1S/C26H28N2O2/c1-2-25(29)28(20-23-16-10-5-11-17-23)24(18-21-12-6-3-7-13-21)26(30)27-19-22-14-8-4-9-15-22/h3-17,24H,2,18-20H2,1H3,(H,27,30). The lowest BCUT2D eigenvalue weighted by Gasteiger charge is -2.31. The van der Waals surface area contributed by atoms with Gasteiger partial charge in [-0.05, 0) is 16.7 Å². The molecule has 0 aromatic heterocycles. The molecule has 0 aliphatic carbocycles. The number of nitrogens with one attached hydrogen (secondary N) is 1. The molecule has 30 heavy (non-hydrogen) atoms. The van der Waals surface area contributed by atoms with Crippen LogP contribution in [0.15, 0.2) is 91.0 Å². The predicted octanol–water partition coefficient (Wildman–Crippen LogP) is 4.35. The maximum atomic E-state index is 13.3. The summed E-state index contributed by atoms with van der Waals surface area (Å²) in [6.45, 7) is 2.68. The van der Waals surface area contributed by atoms with Crippen LogP contribution in [0.3, 0.4) is 0 Å². The van der Waals surface area contributed by atoms with Crippen molar-refractivity contribution in [2.24, 2.45) is 0 Å². The largest absolute Gasteiger partial charge is 0.350 e. The molecular weight excluding hydrogens is 372 g/mol. The molecule has 0 aliphatic rings. The molecule has 2 amide bonds. The zero-order valence-electron chi connectivity index (χ0n) is 17.3. The van der Waals surface area contributed by atoms with Gasteiger partial charge in [0.15, 0.2) is 0 Å². The van der Waals surface area contributed by atoms with Crippen molar-refractivity contribution in [1.29, 1.82) is 0 Å². The van der Waals surface area contributed by atoms with Crippen molar-refractivity contribution in [3.8, 4) is 0 Å². The summed E-state index contributed by atoms with van der Waals surface area (Å²) in [6, 6.07) is 28.9. The Bertz CT molecular complexity index is 927. The Kier molecular flexibility index (Phi) is 7.78. The fourth-order valence-electron chi connectivity index (χ4n) is 3.44. The number of hydrogen-bond donors (Lipinski definition) is 1. The second kappa shape index (κ2) is 11.0. The number of nitrogens with zero attached hydrogens (tertiary/aromatic N) is 1. The van der Waals surface area contributed by atoms with Gasteiger partial charge in [-0.2, -0.15) is 0 Å². The molecule has 3 aromatic carbocycles. The Morgan fingerprint density at radius 3 is 1.80 bits per heavy atom. The van der Waals surface area contributed by atoms with E-state index in [9.17, 15) is 9.59 Å². The van der Waals surface area contributed by atoms with Gasteiger partial charge in [0.05, 0.1) is 0 Å². The Morgan fingerprint density at radius 2 is 1.27 bits per heavy atom. The van der Waals surface area contributed by atoms with Gasteiger partial charge < -0.3 is 10.2 Å². The fourth-order valence-corrected chi connectivity index (χ4v) is 3.44. The molecule has 0 radical (unpaired) electrons. The van der Waals surface area contributed by atoms with Crippen LogP contribution in [-0.2, 0) is 29.1 Å². The molecule has 4 nitrogen and oxygen atoms in total. The summed E-state index contributed by atoms with van der Waals surface area (Å²) in [6.07, 6.45) is 0.824. The van der Waals surface area contributed by atoms with E-state index in [0.29, 0.717) is 25.9 Å². The van der Waals surface area contributed by atoms with Crippen molar-refractivity contribution < 1.29 is 9.59 Å². The topological polar surface area (TPSA) is 49.4 Å². The van der Waals surface area contributed by atoms with Gasteiger partial charge in [-0.15, -0.1) is 0 Å². The molecule has 0 bridgehead atoms. The lowest BCUT2D eigenvalue weighted by atomic mass is 10.0. The van der Waals surface area contributed by atoms with E-state index in [4.69, 9.17) is 0 Å². The van der Waals surface area contributed by atoms with E-state index in [0.717, 1.165) is 16.7 Å². The molecule has 0 heterocycles. The summed E-state index contributed by atoms with van der Waals surface area (Å²) in [5.74, 6) is -0.171. The maximum absolute atomic E-state index is 13.3. The highest BCUT2D eigenvalue weighted by Crippen LogP contribution is 2.16. The van der Waals surface area contributed by atoms with Gasteiger partial charge in [0, 0.05) is 25.9 Å². The van der Waals surface area contributed by atoms with Crippen LogP contribution in [0.2, 0.25) is 0 Å². The lowest BCUT2D eigenvalue weighted by Crippen LogP contribution is -2.50. The highest BCUT2D eigenvalue weighted by molar-refractivity contribution is 5.87. The van der Waals surface area contributed by atoms with Crippen molar-refractivity contribution in [3.63, 3.8) is 0 Å². The molecular formula is C26H28N2O2. The third-order valence-electron chi connectivity index (χ3n) is 5.08. The van der Waals surface area contributed by atoms with Crippen LogP contribution < -0.4 is 5.32 Å². The van der Waals surface area contributed by atoms with Gasteiger partial charge in [0.2, 0.25) is 11.8 Å². The molecule has 0 fully saturated rings. The van der Waals surface area contributed by atoms with E-state index < -0.39 is 6.04 Å². The molecule has 0 saturated heterocycles. The molecule has 3 aromatic rings. The fraction of sp³-hybridized carbons (Fsp3) is 0.231. The van der Waals surface area contributed by atoms with E-state index in [2.05, 4.69) is 5.32 Å². The molecule has 1 unspecified atom stereocenters. The van der Waals surface area contributed by atoms with Gasteiger partial charge in [-0.3, -0.25) is 9.59 Å². The summed E-state index contributed by atoms with van der Waals surface area (Å²) in [5.41, 5.74) is 3.06. The molecule has 0 spiro atoms. The smallest absolute Gasteiger partial charge is 0.243 e. The van der Waals surface area contributed by atoms with Crippen molar-refractivity contribution in [2.75, 3.05) is 0 Å². The van der Waals surface area contributed by atoms with E-state index in [1.54, 1.807) is 4.90 Å². The normalized spacial score (nSPS) is 11.5. The Morgan fingerprint density at radius 1 is 0.767 bits per heavy atom. The van der Waals surface area contributed by atoms with Crippen LogP contribution >= 0.6 is 0 Å². The molecule has 154 valence electrons. The summed E-state index contributed by atoms with van der Waals surface area (Å²) in [5, 5.41) is 3.03. The van der Waals surface area contributed by atoms with Crippen molar-refractivity contribution in [2.45, 2.75) is 38.9 Å². The average molecular weight is 401 g/mol. The number of benzene rings is 3. The number of amides is 2. The molecule has 3 rings (SSSR count). The minimum atomic E-state index is -0.580. The van der Waals surface area contributed by atoms with E-state index in [-0.39, 0.29) is 11.8 Å². The van der Waals surface area contributed by atoms with Gasteiger partial charge >= 0.3 is 0 Å². The van der Waals surface area contributed by atoms with Gasteiger partial charge in [-0.25, -0.2) is 0 Å². The quantitative estimate of drug-likeness (QED) is 0.580. The second-order valence-electron chi connectivity index (χ2n) is 7.27. The highest BCUT2D eigenvalue weighted by atomic mass is 16.2. The van der Waals surface area contributed by atoms with Crippen molar-refractivity contribution in [1.82, 2.24) is 10.2 Å². The van der Waals surface area contributed by atoms with Gasteiger partial charge in [0.1, 0.15) is 6.04 Å². The van der Waals surface area contributed by atoms with E-state index in [1.165, 1.54) is 0 Å². The first kappa shape index (κ1) is 21.3. The highest BCUT2D eigenvalue weighted by Gasteiger charge is 2.29. The monoisotopic (exact) mass is 400 g/mol. The number of hydrogen-bond acceptors (Lipinski definition) is 2. The Labute approximate surface area is 178 Å². The molecule has 0 saturated carbocycles. The SMILES string of the molecule is CCC(=O)N(Cc1ccccc1)C(Cc1ccccc1)C(=O)NCc1ccccc1. The number of rotatable bonds is 9. The minimum absolute atomic E-state index is 0.0327. The van der Waals surface area contributed by atoms with Crippen LogP contribution in [0, 0.1) is 0 Å². The summed E-state index contributed by atoms with van der Waals surface area (Å²) >= 11 is 0. The van der Waals surface area contributed by atoms with Crippen molar-refractivity contribution in [3.05, 3.63) is 108 Å². The van der Waals surface area contributed by atoms with Crippen LogP contribution in [0.4, 0.5) is 0 Å². The molecule has 1 N–H and O–H groups in total. The van der Waals surface area contributed by atoms with E-state index >= 15 is 0 Å². The first-order valence-electron chi connectivity index (χ1n) is 10.4. The zero-order valence-corrected chi connectivity index (χ0v) is 17.3. The molecule has 0 aliphatic heterocycles. The van der Waals surface area contributed by atoms with Crippen LogP contribution in [-0.4, -0.2) is 22.8 Å². The third-order valence-corrected chi connectivity index (χ3v) is 5.08. The molecule has 4 heteroatoms. The molecule has 1 atom stereocenters. The first-order valence-corrected chi connectivity index (χ1v) is 10.4. The van der Waals surface area contributed by atoms with Crippen LogP contribution in [0.5, 0.6) is 0 Å². The Balaban J connectivity index is 1.84. The van der Waals surface area contributed by atoms with Crippen LogP contribution in [0.1, 0.15) is 30.0 Å². The summed E-state index contributed by atoms with van der Waals surface area (Å²) in [7, 11) is 0. The number of carbonyl (C=O) groups is 2. The number of carbonyl (C=O) groups excluding carboxylic acids is 2. The predicted molar refractivity (Wildman–Crippen MR) is 120 cm³/mol. The first-order chi connectivity index (χ1) is 14.7. The summed E-state index contributed by atoms with van der Waals surface area (Å²) < 4.78 is 0. The van der Waals surface area contributed by atoms with Gasteiger partial charge in [-0.1, -0.05) is 97.9 Å². The second-order valence-corrected chi connectivity index (χ2v) is 7.27. The van der Waals surface area contributed by atoms with Crippen LogP contribution in [0.25, 0.3) is 0 Å².